The summed E-state index contributed by atoms with van der Waals surface area (Å²) in [7, 11) is -3.30. The monoisotopic (exact) mass is 546 g/mol. The van der Waals surface area contributed by atoms with Gasteiger partial charge in [-0.2, -0.15) is 0 Å². The van der Waals surface area contributed by atoms with Gasteiger partial charge < -0.3 is 20.1 Å². The van der Waals surface area contributed by atoms with Gasteiger partial charge in [-0.25, -0.2) is 18.2 Å². The molecule has 202 valence electrons. The van der Waals surface area contributed by atoms with Crippen molar-refractivity contribution in [3.63, 3.8) is 0 Å². The number of amides is 1. The molecule has 10 heteroatoms. The van der Waals surface area contributed by atoms with Crippen molar-refractivity contribution in [2.75, 3.05) is 37.4 Å². The number of benzene rings is 3. The van der Waals surface area contributed by atoms with Crippen molar-refractivity contribution >= 4 is 21.6 Å². The minimum absolute atomic E-state index is 0.207. The topological polar surface area (TPSA) is 114 Å². The summed E-state index contributed by atoms with van der Waals surface area (Å²) in [5.74, 6) is 0.942. The van der Waals surface area contributed by atoms with Crippen LogP contribution in [0, 0.1) is 5.92 Å². The molecule has 2 N–H and O–H groups in total. The lowest BCUT2D eigenvalue weighted by Crippen LogP contribution is -2.51. The summed E-state index contributed by atoms with van der Waals surface area (Å²) < 4.78 is 30.7. The summed E-state index contributed by atoms with van der Waals surface area (Å²) in [6.45, 7) is 2.16. The number of anilines is 1. The number of para-hydroxylation sites is 1. The lowest BCUT2D eigenvalue weighted by Gasteiger charge is -2.41. The van der Waals surface area contributed by atoms with Crippen LogP contribution in [0.15, 0.2) is 96.3 Å². The number of hydrogen-bond donors (Lipinski definition) is 2. The molecule has 0 bridgehead atoms. The molecule has 4 aromatic rings. The highest BCUT2D eigenvalue weighted by atomic mass is 32.2. The summed E-state index contributed by atoms with van der Waals surface area (Å²) in [5.41, 5.74) is 3.31. The second-order valence-electron chi connectivity index (χ2n) is 9.61. The first kappa shape index (κ1) is 26.5. The maximum Gasteiger partial charge on any atom is 0.326 e. The SMILES string of the molecule is CS(=O)(=O)c1ccc(C(CO)Oc2ccc(-c3cn(C(=O)NCC4CN(c5ccccc5)C4)cn3)cc2)cc1. The van der Waals surface area contributed by atoms with Crippen LogP contribution in [0.5, 0.6) is 5.75 Å². The summed E-state index contributed by atoms with van der Waals surface area (Å²) in [5, 5.41) is 12.8. The Kier molecular flexibility index (Phi) is 7.67. The number of sulfone groups is 1. The van der Waals surface area contributed by atoms with Gasteiger partial charge in [-0.05, 0) is 54.1 Å². The Bertz CT molecular complexity index is 1510. The van der Waals surface area contributed by atoms with Crippen LogP contribution in [-0.4, -0.2) is 61.6 Å². The van der Waals surface area contributed by atoms with Crippen molar-refractivity contribution in [2.45, 2.75) is 11.0 Å². The van der Waals surface area contributed by atoms with E-state index in [0.29, 0.717) is 29.5 Å². The van der Waals surface area contributed by atoms with Crippen molar-refractivity contribution in [3.8, 4) is 17.0 Å². The Morgan fingerprint density at radius 1 is 1.05 bits per heavy atom. The number of nitrogens with zero attached hydrogens (tertiary/aromatic N) is 3. The fraction of sp³-hybridized carbons (Fsp3) is 0.241. The van der Waals surface area contributed by atoms with Crippen LogP contribution in [0.3, 0.4) is 0 Å². The van der Waals surface area contributed by atoms with Gasteiger partial charge in [0.25, 0.3) is 0 Å². The zero-order valence-electron chi connectivity index (χ0n) is 21.5. The third kappa shape index (κ3) is 6.30. The van der Waals surface area contributed by atoms with Gasteiger partial charge in [-0.1, -0.05) is 30.3 Å². The van der Waals surface area contributed by atoms with Crippen molar-refractivity contribution in [1.82, 2.24) is 14.9 Å². The summed E-state index contributed by atoms with van der Waals surface area (Å²) >= 11 is 0. The Labute approximate surface area is 227 Å². The number of carbonyl (C=O) groups excluding carboxylic acids is 1. The number of imidazole rings is 1. The van der Waals surface area contributed by atoms with Gasteiger partial charge >= 0.3 is 6.03 Å². The van der Waals surface area contributed by atoms with Crippen LogP contribution in [0.1, 0.15) is 11.7 Å². The average molecular weight is 547 g/mol. The molecule has 1 unspecified atom stereocenters. The van der Waals surface area contributed by atoms with E-state index in [1.54, 1.807) is 30.5 Å². The molecule has 5 rings (SSSR count). The van der Waals surface area contributed by atoms with Gasteiger partial charge in [0.05, 0.1) is 17.2 Å². The first-order chi connectivity index (χ1) is 18.8. The summed E-state index contributed by atoms with van der Waals surface area (Å²) in [6.07, 6.45) is 3.67. The van der Waals surface area contributed by atoms with Gasteiger partial charge in [0.15, 0.2) is 9.84 Å². The van der Waals surface area contributed by atoms with E-state index >= 15 is 0 Å². The fourth-order valence-corrected chi connectivity index (χ4v) is 5.09. The smallest absolute Gasteiger partial charge is 0.326 e. The van der Waals surface area contributed by atoms with E-state index in [0.717, 1.165) is 24.9 Å². The number of carbonyl (C=O) groups is 1. The van der Waals surface area contributed by atoms with Crippen LogP contribution < -0.4 is 15.0 Å². The number of aliphatic hydroxyl groups is 1. The Balaban J connectivity index is 1.14. The molecular weight excluding hydrogens is 516 g/mol. The minimum Gasteiger partial charge on any atom is -0.483 e. The quantitative estimate of drug-likeness (QED) is 0.329. The predicted molar refractivity (Wildman–Crippen MR) is 149 cm³/mol. The number of rotatable bonds is 9. The highest BCUT2D eigenvalue weighted by Gasteiger charge is 2.27. The largest absolute Gasteiger partial charge is 0.483 e. The molecular formula is C29H30N4O5S. The van der Waals surface area contributed by atoms with Crippen LogP contribution in [0.2, 0.25) is 0 Å². The molecule has 1 fully saturated rings. The highest BCUT2D eigenvalue weighted by molar-refractivity contribution is 7.90. The number of aromatic nitrogens is 2. The minimum atomic E-state index is -3.30. The van der Waals surface area contributed by atoms with Gasteiger partial charge in [-0.15, -0.1) is 0 Å². The van der Waals surface area contributed by atoms with E-state index in [4.69, 9.17) is 4.74 Å². The molecule has 1 amide bonds. The molecule has 9 nitrogen and oxygen atoms in total. The lowest BCUT2D eigenvalue weighted by molar-refractivity contribution is 0.116. The molecule has 39 heavy (non-hydrogen) atoms. The van der Waals surface area contributed by atoms with Crippen LogP contribution in [0.4, 0.5) is 10.5 Å². The standard InChI is InChI=1S/C29H30N4O5S/c1-39(36,37)26-13-9-23(10-14-26)28(19-34)38-25-11-7-22(8-12-25)27-18-33(20-31-27)29(35)30-15-21-16-32(17-21)24-5-3-2-4-6-24/h2-14,18,20-21,28,34H,15-17,19H2,1H3,(H,30,35). The first-order valence-corrected chi connectivity index (χ1v) is 14.5. The van der Waals surface area contributed by atoms with Crippen molar-refractivity contribution in [3.05, 3.63) is 97.0 Å². The molecule has 0 saturated carbocycles. The summed E-state index contributed by atoms with van der Waals surface area (Å²) in [4.78, 5) is 19.5. The van der Waals surface area contributed by atoms with Crippen molar-refractivity contribution in [1.29, 1.82) is 0 Å². The molecule has 1 aliphatic heterocycles. The van der Waals surface area contributed by atoms with Crippen LogP contribution in [0.25, 0.3) is 11.3 Å². The molecule has 0 radical (unpaired) electrons. The van der Waals surface area contributed by atoms with E-state index in [2.05, 4.69) is 27.3 Å². The number of aliphatic hydroxyl groups excluding tert-OH is 1. The molecule has 1 saturated heterocycles. The van der Waals surface area contributed by atoms with E-state index in [-0.39, 0.29) is 17.5 Å². The Morgan fingerprint density at radius 3 is 2.38 bits per heavy atom. The lowest BCUT2D eigenvalue weighted by atomic mass is 9.99. The average Bonchev–Trinajstić information content (AvgIpc) is 3.42. The van der Waals surface area contributed by atoms with Crippen LogP contribution >= 0.6 is 0 Å². The third-order valence-corrected chi connectivity index (χ3v) is 7.84. The van der Waals surface area contributed by atoms with E-state index in [9.17, 15) is 18.3 Å². The van der Waals surface area contributed by atoms with E-state index in [1.165, 1.54) is 28.7 Å². The second kappa shape index (κ2) is 11.3. The third-order valence-electron chi connectivity index (χ3n) is 6.71. The zero-order chi connectivity index (χ0) is 27.4. The molecule has 1 aliphatic rings. The van der Waals surface area contributed by atoms with Crippen molar-refractivity contribution < 1.29 is 23.1 Å². The maximum absolute atomic E-state index is 12.6. The van der Waals surface area contributed by atoms with Gasteiger partial charge in [0.1, 0.15) is 18.2 Å². The normalized spacial score (nSPS) is 14.5. The first-order valence-electron chi connectivity index (χ1n) is 12.6. The Morgan fingerprint density at radius 2 is 1.74 bits per heavy atom. The van der Waals surface area contributed by atoms with Crippen molar-refractivity contribution in [2.24, 2.45) is 5.92 Å². The van der Waals surface area contributed by atoms with E-state index in [1.807, 2.05) is 30.3 Å². The van der Waals surface area contributed by atoms with E-state index < -0.39 is 15.9 Å². The second-order valence-corrected chi connectivity index (χ2v) is 11.6. The summed E-state index contributed by atoms with van der Waals surface area (Å²) in [6, 6.07) is 23.4. The maximum atomic E-state index is 12.6. The number of nitrogens with one attached hydrogen (secondary N) is 1. The highest BCUT2D eigenvalue weighted by Crippen LogP contribution is 2.26. The molecule has 3 aromatic carbocycles. The van der Waals surface area contributed by atoms with Crippen LogP contribution in [-0.2, 0) is 9.84 Å². The molecule has 0 spiro atoms. The predicted octanol–water partition coefficient (Wildman–Crippen LogP) is 3.76. The van der Waals surface area contributed by atoms with Gasteiger partial charge in [0.2, 0.25) is 0 Å². The molecule has 1 atom stereocenters. The Hall–Kier alpha value is -4.15. The molecule has 2 heterocycles. The molecule has 0 aliphatic carbocycles. The number of ether oxygens (including phenoxy) is 1. The molecule has 1 aromatic heterocycles. The zero-order valence-corrected chi connectivity index (χ0v) is 22.3. The van der Waals surface area contributed by atoms with Gasteiger partial charge in [0, 0.05) is 49.3 Å². The fourth-order valence-electron chi connectivity index (χ4n) is 4.46. The number of hydrogen-bond acceptors (Lipinski definition) is 7. The van der Waals surface area contributed by atoms with Gasteiger partial charge in [-0.3, -0.25) is 4.57 Å².